The highest BCUT2D eigenvalue weighted by Crippen LogP contribution is 2.36. The number of piperidine rings is 1. The molecule has 1 aliphatic rings. The minimum Gasteiger partial charge on any atom is -0.299 e. The maximum atomic E-state index is 13.3. The summed E-state index contributed by atoms with van der Waals surface area (Å²) in [6, 6.07) is 6.22. The molecule has 1 aliphatic heterocycles. The van der Waals surface area contributed by atoms with Crippen LogP contribution >= 0.6 is 0 Å². The highest BCUT2D eigenvalue weighted by atomic mass is 32.2. The van der Waals surface area contributed by atoms with Crippen LogP contribution in [0.25, 0.3) is 0 Å². The van der Waals surface area contributed by atoms with Gasteiger partial charge in [-0.3, -0.25) is 4.90 Å². The van der Waals surface area contributed by atoms with Crippen LogP contribution in [-0.2, 0) is 16.4 Å². The second kappa shape index (κ2) is 8.11. The number of nitrogens with zero attached hydrogens (tertiary/aromatic N) is 1. The van der Waals surface area contributed by atoms with Crippen molar-refractivity contribution in [3.63, 3.8) is 0 Å². The van der Waals surface area contributed by atoms with Crippen molar-refractivity contribution in [3.05, 3.63) is 35.4 Å². The van der Waals surface area contributed by atoms with E-state index in [1.165, 1.54) is 18.6 Å². The summed E-state index contributed by atoms with van der Waals surface area (Å²) in [5.74, 6) is -2.30. The number of alkyl halides is 3. The fourth-order valence-corrected chi connectivity index (χ4v) is 4.69. The van der Waals surface area contributed by atoms with Gasteiger partial charge in [-0.05, 0) is 41.8 Å². The normalized spacial score (nSPS) is 21.2. The van der Waals surface area contributed by atoms with Crippen molar-refractivity contribution in [2.75, 3.05) is 25.1 Å². The number of halogens is 3. The monoisotopic (exact) mass is 405 g/mol. The van der Waals surface area contributed by atoms with E-state index in [1.807, 2.05) is 0 Å². The lowest BCUT2D eigenvalue weighted by atomic mass is 9.76. The third-order valence-corrected chi connectivity index (χ3v) is 6.32. The molecule has 0 aromatic heterocycles. The number of rotatable bonds is 5. The van der Waals surface area contributed by atoms with E-state index < -0.39 is 27.7 Å². The van der Waals surface area contributed by atoms with E-state index in [1.54, 1.807) is 12.1 Å². The van der Waals surface area contributed by atoms with Gasteiger partial charge in [-0.2, -0.15) is 13.2 Å². The third-order valence-electron chi connectivity index (χ3n) is 5.38. The molecule has 0 amide bonds. The quantitative estimate of drug-likeness (QED) is 0.716. The predicted molar refractivity (Wildman–Crippen MR) is 102 cm³/mol. The van der Waals surface area contributed by atoms with E-state index in [0.717, 1.165) is 31.3 Å². The van der Waals surface area contributed by atoms with Crippen LogP contribution in [-0.4, -0.2) is 44.6 Å². The van der Waals surface area contributed by atoms with Crippen molar-refractivity contribution in [2.45, 2.75) is 52.3 Å². The minimum atomic E-state index is -4.59. The van der Waals surface area contributed by atoms with E-state index in [4.69, 9.17) is 0 Å². The molecule has 0 spiro atoms. The van der Waals surface area contributed by atoms with Crippen molar-refractivity contribution < 1.29 is 21.6 Å². The SMILES string of the molecule is CC(C)(C)C1CCCN(Cc2ccc([C@H](CS(C)(=O)=O)C(F)(F)F)cc2)C1. The van der Waals surface area contributed by atoms with Crippen LogP contribution in [0.15, 0.2) is 24.3 Å². The summed E-state index contributed by atoms with van der Waals surface area (Å²) in [4.78, 5) is 2.35. The average Bonchev–Trinajstić information content (AvgIpc) is 2.51. The number of hydrogen-bond donors (Lipinski definition) is 0. The van der Waals surface area contributed by atoms with E-state index >= 15 is 0 Å². The van der Waals surface area contributed by atoms with Crippen LogP contribution in [0.3, 0.4) is 0 Å². The van der Waals surface area contributed by atoms with E-state index in [2.05, 4.69) is 25.7 Å². The molecule has 0 radical (unpaired) electrons. The summed E-state index contributed by atoms with van der Waals surface area (Å²) >= 11 is 0. The first-order valence-corrected chi connectivity index (χ1v) is 11.4. The van der Waals surface area contributed by atoms with E-state index in [0.29, 0.717) is 12.5 Å². The Morgan fingerprint density at radius 1 is 1.15 bits per heavy atom. The van der Waals surface area contributed by atoms with Crippen LogP contribution in [0.4, 0.5) is 13.2 Å². The maximum absolute atomic E-state index is 13.3. The molecule has 0 bridgehead atoms. The molecular weight excluding hydrogens is 375 g/mol. The van der Waals surface area contributed by atoms with Crippen LogP contribution in [0.5, 0.6) is 0 Å². The maximum Gasteiger partial charge on any atom is 0.396 e. The van der Waals surface area contributed by atoms with Gasteiger partial charge in [-0.1, -0.05) is 45.0 Å². The molecule has 0 saturated carbocycles. The Morgan fingerprint density at radius 2 is 1.74 bits per heavy atom. The van der Waals surface area contributed by atoms with Gasteiger partial charge in [0.25, 0.3) is 0 Å². The van der Waals surface area contributed by atoms with Gasteiger partial charge in [-0.25, -0.2) is 8.42 Å². The van der Waals surface area contributed by atoms with Crippen LogP contribution < -0.4 is 0 Å². The van der Waals surface area contributed by atoms with Crippen molar-refractivity contribution in [1.82, 2.24) is 4.90 Å². The molecule has 154 valence electrons. The largest absolute Gasteiger partial charge is 0.396 e. The fourth-order valence-electron chi connectivity index (χ4n) is 3.70. The Labute approximate surface area is 160 Å². The molecule has 3 nitrogen and oxygen atoms in total. The van der Waals surface area contributed by atoms with E-state index in [9.17, 15) is 21.6 Å². The number of likely N-dealkylation sites (tertiary alicyclic amines) is 1. The number of benzene rings is 1. The summed E-state index contributed by atoms with van der Waals surface area (Å²) in [5.41, 5.74) is 1.20. The minimum absolute atomic E-state index is 0.00267. The average molecular weight is 406 g/mol. The molecule has 2 rings (SSSR count). The fraction of sp³-hybridized carbons (Fsp3) is 0.700. The zero-order chi connectivity index (χ0) is 20.5. The molecule has 1 saturated heterocycles. The molecule has 27 heavy (non-hydrogen) atoms. The van der Waals surface area contributed by atoms with Gasteiger partial charge >= 0.3 is 6.18 Å². The van der Waals surface area contributed by atoms with Gasteiger partial charge in [0.1, 0.15) is 9.84 Å². The zero-order valence-electron chi connectivity index (χ0n) is 16.5. The Kier molecular flexibility index (Phi) is 6.67. The number of hydrogen-bond acceptors (Lipinski definition) is 3. The Morgan fingerprint density at radius 3 is 2.22 bits per heavy atom. The Hall–Kier alpha value is -1.08. The van der Waals surface area contributed by atoms with E-state index in [-0.39, 0.29) is 11.0 Å². The summed E-state index contributed by atoms with van der Waals surface area (Å²) in [6.07, 6.45) is -1.41. The summed E-state index contributed by atoms with van der Waals surface area (Å²) in [7, 11) is -3.74. The van der Waals surface area contributed by atoms with Crippen molar-refractivity contribution in [1.29, 1.82) is 0 Å². The summed E-state index contributed by atoms with van der Waals surface area (Å²) in [6.45, 7) is 9.42. The molecule has 0 N–H and O–H groups in total. The molecule has 2 atom stereocenters. The van der Waals surface area contributed by atoms with Crippen molar-refractivity contribution in [2.24, 2.45) is 11.3 Å². The van der Waals surface area contributed by atoms with Crippen LogP contribution in [0.2, 0.25) is 0 Å². The lowest BCUT2D eigenvalue weighted by Gasteiger charge is -2.39. The predicted octanol–water partition coefficient (Wildman–Crippen LogP) is 4.64. The highest BCUT2D eigenvalue weighted by Gasteiger charge is 2.42. The first kappa shape index (κ1) is 22.2. The molecule has 1 aromatic rings. The smallest absolute Gasteiger partial charge is 0.299 e. The van der Waals surface area contributed by atoms with Gasteiger partial charge in [0.05, 0.1) is 11.7 Å². The summed E-state index contributed by atoms with van der Waals surface area (Å²) < 4.78 is 62.7. The second-order valence-electron chi connectivity index (χ2n) is 8.87. The van der Waals surface area contributed by atoms with Crippen molar-refractivity contribution in [3.8, 4) is 0 Å². The molecular formula is C20H30F3NO2S. The first-order chi connectivity index (χ1) is 12.3. The Bertz CT molecular complexity index is 721. The van der Waals surface area contributed by atoms with Gasteiger partial charge in [-0.15, -0.1) is 0 Å². The lowest BCUT2D eigenvalue weighted by molar-refractivity contribution is -0.145. The topological polar surface area (TPSA) is 37.4 Å². The van der Waals surface area contributed by atoms with Crippen LogP contribution in [0, 0.1) is 11.3 Å². The molecule has 0 aliphatic carbocycles. The molecule has 1 fully saturated rings. The highest BCUT2D eigenvalue weighted by molar-refractivity contribution is 7.90. The van der Waals surface area contributed by atoms with Gasteiger partial charge in [0.2, 0.25) is 0 Å². The third kappa shape index (κ3) is 6.79. The molecule has 1 aromatic carbocycles. The second-order valence-corrected chi connectivity index (χ2v) is 11.1. The lowest BCUT2D eigenvalue weighted by Crippen LogP contribution is -2.40. The molecule has 1 unspecified atom stereocenters. The van der Waals surface area contributed by atoms with Gasteiger partial charge < -0.3 is 0 Å². The van der Waals surface area contributed by atoms with Crippen LogP contribution in [0.1, 0.15) is 50.7 Å². The summed E-state index contributed by atoms with van der Waals surface area (Å²) in [5, 5.41) is 0. The van der Waals surface area contributed by atoms with Gasteiger partial charge in [0, 0.05) is 19.3 Å². The molecule has 7 heteroatoms. The number of sulfone groups is 1. The zero-order valence-corrected chi connectivity index (χ0v) is 17.3. The molecule has 1 heterocycles. The first-order valence-electron chi connectivity index (χ1n) is 9.31. The standard InChI is InChI=1S/C20H30F3NO2S/c1-19(2,3)17-6-5-11-24(13-17)12-15-7-9-16(10-8-15)18(20(21,22)23)14-27(4,25)26/h7-10,17-18H,5-6,11-14H2,1-4H3/t17?,18-/m0/s1. The Balaban J connectivity index is 2.09. The van der Waals surface area contributed by atoms with Crippen molar-refractivity contribution >= 4 is 9.84 Å². The van der Waals surface area contributed by atoms with Gasteiger partial charge in [0.15, 0.2) is 0 Å².